The summed E-state index contributed by atoms with van der Waals surface area (Å²) in [5.41, 5.74) is 4.16. The van der Waals surface area contributed by atoms with Gasteiger partial charge >= 0.3 is 0 Å². The van der Waals surface area contributed by atoms with Crippen molar-refractivity contribution in [1.29, 1.82) is 0 Å². The Labute approximate surface area is 184 Å². The van der Waals surface area contributed by atoms with E-state index in [-0.39, 0.29) is 17.0 Å². The van der Waals surface area contributed by atoms with Crippen molar-refractivity contribution in [3.63, 3.8) is 0 Å². The minimum absolute atomic E-state index is 0.324. The van der Waals surface area contributed by atoms with E-state index in [1.165, 1.54) is 23.8 Å². The van der Waals surface area contributed by atoms with Crippen molar-refractivity contribution < 1.29 is 8.78 Å². The molecule has 0 fully saturated rings. The highest BCUT2D eigenvalue weighted by Crippen LogP contribution is 2.31. The fourth-order valence-electron chi connectivity index (χ4n) is 3.69. The molecule has 0 aliphatic carbocycles. The standard InChI is InChI=1S/C28H29F2N/c1-5-28(4,23-11-9-22(10-12-23)20(2)3)18-6-7-21-8-17-26(30)27(19-21)31-25-15-13-24(29)14-16-25/h1,8-17,19-20,31H,6-7,18H2,2-4H3. The van der Waals surface area contributed by atoms with Crippen LogP contribution < -0.4 is 5.32 Å². The average Bonchev–Trinajstić information content (AvgIpc) is 2.77. The summed E-state index contributed by atoms with van der Waals surface area (Å²) in [5.74, 6) is 2.81. The van der Waals surface area contributed by atoms with Crippen molar-refractivity contribution in [2.45, 2.75) is 51.4 Å². The van der Waals surface area contributed by atoms with Crippen molar-refractivity contribution in [3.8, 4) is 12.3 Å². The second kappa shape index (κ2) is 9.79. The van der Waals surface area contributed by atoms with Crippen LogP contribution in [0.4, 0.5) is 20.2 Å². The number of anilines is 2. The van der Waals surface area contributed by atoms with Crippen LogP contribution in [0.5, 0.6) is 0 Å². The van der Waals surface area contributed by atoms with E-state index in [2.05, 4.69) is 56.3 Å². The zero-order valence-corrected chi connectivity index (χ0v) is 18.4. The summed E-state index contributed by atoms with van der Waals surface area (Å²) in [6.45, 7) is 6.46. The molecule has 3 heteroatoms. The van der Waals surface area contributed by atoms with Gasteiger partial charge in [0.05, 0.1) is 11.1 Å². The Balaban J connectivity index is 1.66. The maximum absolute atomic E-state index is 14.2. The highest BCUT2D eigenvalue weighted by Gasteiger charge is 2.23. The Bertz CT molecular complexity index is 1050. The lowest BCUT2D eigenvalue weighted by Crippen LogP contribution is -2.19. The minimum Gasteiger partial charge on any atom is -0.353 e. The molecule has 31 heavy (non-hydrogen) atoms. The quantitative estimate of drug-likeness (QED) is 0.370. The molecule has 0 aliphatic heterocycles. The van der Waals surface area contributed by atoms with E-state index in [0.29, 0.717) is 17.3 Å². The van der Waals surface area contributed by atoms with Gasteiger partial charge in [-0.15, -0.1) is 6.42 Å². The topological polar surface area (TPSA) is 12.0 Å². The highest BCUT2D eigenvalue weighted by atomic mass is 19.1. The van der Waals surface area contributed by atoms with Gasteiger partial charge in [-0.1, -0.05) is 50.1 Å². The maximum Gasteiger partial charge on any atom is 0.146 e. The van der Waals surface area contributed by atoms with Crippen molar-refractivity contribution in [2.75, 3.05) is 5.32 Å². The van der Waals surface area contributed by atoms with Crippen LogP contribution in [0.2, 0.25) is 0 Å². The first-order valence-corrected chi connectivity index (χ1v) is 10.7. The van der Waals surface area contributed by atoms with Crippen LogP contribution in [-0.2, 0) is 11.8 Å². The number of aryl methyl sites for hydroxylation is 1. The van der Waals surface area contributed by atoms with Gasteiger partial charge in [-0.2, -0.15) is 0 Å². The third kappa shape index (κ3) is 5.73. The summed E-state index contributed by atoms with van der Waals surface area (Å²) >= 11 is 0. The molecule has 160 valence electrons. The molecule has 3 aromatic rings. The molecule has 0 saturated carbocycles. The van der Waals surface area contributed by atoms with E-state index in [9.17, 15) is 8.78 Å². The lowest BCUT2D eigenvalue weighted by molar-refractivity contribution is 0.532. The number of nitrogens with one attached hydrogen (secondary N) is 1. The van der Waals surface area contributed by atoms with Crippen LogP contribution in [0.25, 0.3) is 0 Å². The Kier molecular flexibility index (Phi) is 7.13. The first-order chi connectivity index (χ1) is 14.8. The van der Waals surface area contributed by atoms with Crippen LogP contribution in [-0.4, -0.2) is 0 Å². The molecule has 1 N–H and O–H groups in total. The first kappa shape index (κ1) is 22.6. The van der Waals surface area contributed by atoms with Crippen LogP contribution in [0.3, 0.4) is 0 Å². The second-order valence-corrected chi connectivity index (χ2v) is 8.55. The molecule has 0 radical (unpaired) electrons. The van der Waals surface area contributed by atoms with Gasteiger partial charge in [0.25, 0.3) is 0 Å². The molecule has 0 aliphatic rings. The molecule has 0 bridgehead atoms. The van der Waals surface area contributed by atoms with E-state index in [4.69, 9.17) is 6.42 Å². The van der Waals surface area contributed by atoms with Gasteiger partial charge in [0.15, 0.2) is 0 Å². The van der Waals surface area contributed by atoms with E-state index in [1.54, 1.807) is 18.2 Å². The molecule has 0 spiro atoms. The zero-order valence-electron chi connectivity index (χ0n) is 18.4. The molecular formula is C28H29F2N. The second-order valence-electron chi connectivity index (χ2n) is 8.55. The predicted molar refractivity (Wildman–Crippen MR) is 126 cm³/mol. The van der Waals surface area contributed by atoms with Crippen LogP contribution >= 0.6 is 0 Å². The van der Waals surface area contributed by atoms with E-state index >= 15 is 0 Å². The summed E-state index contributed by atoms with van der Waals surface area (Å²) in [4.78, 5) is 0. The number of halogens is 2. The predicted octanol–water partition coefficient (Wildman–Crippen LogP) is 7.75. The molecule has 0 heterocycles. The Morgan fingerprint density at radius 1 is 0.968 bits per heavy atom. The number of benzene rings is 3. The molecule has 1 nitrogen and oxygen atoms in total. The molecule has 0 saturated heterocycles. The van der Waals surface area contributed by atoms with E-state index in [0.717, 1.165) is 30.4 Å². The molecule has 3 rings (SSSR count). The van der Waals surface area contributed by atoms with Gasteiger partial charge in [0.1, 0.15) is 11.6 Å². The Morgan fingerprint density at radius 3 is 2.26 bits per heavy atom. The van der Waals surface area contributed by atoms with Gasteiger partial charge in [0.2, 0.25) is 0 Å². The van der Waals surface area contributed by atoms with E-state index in [1.807, 2.05) is 6.07 Å². The zero-order chi connectivity index (χ0) is 22.4. The van der Waals surface area contributed by atoms with Crippen molar-refractivity contribution in [2.24, 2.45) is 0 Å². The number of rotatable bonds is 8. The summed E-state index contributed by atoms with van der Waals surface area (Å²) in [6.07, 6.45) is 8.43. The molecule has 3 aromatic carbocycles. The largest absolute Gasteiger partial charge is 0.353 e. The molecule has 0 aromatic heterocycles. The van der Waals surface area contributed by atoms with Gasteiger partial charge in [-0.3, -0.25) is 0 Å². The van der Waals surface area contributed by atoms with Crippen LogP contribution in [0.15, 0.2) is 66.7 Å². The SMILES string of the molecule is C#CC(C)(CCCc1ccc(F)c(Nc2ccc(F)cc2)c1)c1ccc(C(C)C)cc1. The molecule has 1 unspecified atom stereocenters. The summed E-state index contributed by atoms with van der Waals surface area (Å²) in [5, 5.41) is 3.02. The lowest BCUT2D eigenvalue weighted by atomic mass is 9.78. The van der Waals surface area contributed by atoms with Gasteiger partial charge in [0, 0.05) is 5.69 Å². The third-order valence-electron chi connectivity index (χ3n) is 5.83. The van der Waals surface area contributed by atoms with Gasteiger partial charge in [-0.25, -0.2) is 8.78 Å². The number of hydrogen-bond acceptors (Lipinski definition) is 1. The third-order valence-corrected chi connectivity index (χ3v) is 5.83. The summed E-state index contributed by atoms with van der Waals surface area (Å²) in [7, 11) is 0. The number of hydrogen-bond donors (Lipinski definition) is 1. The Hall–Kier alpha value is -3.12. The monoisotopic (exact) mass is 417 g/mol. The van der Waals surface area contributed by atoms with Crippen LogP contribution in [0, 0.1) is 24.0 Å². The molecule has 0 amide bonds. The number of terminal acetylenes is 1. The van der Waals surface area contributed by atoms with Gasteiger partial charge < -0.3 is 5.32 Å². The summed E-state index contributed by atoms with van der Waals surface area (Å²) < 4.78 is 27.3. The fraction of sp³-hybridized carbons (Fsp3) is 0.286. The normalized spacial score (nSPS) is 12.9. The van der Waals surface area contributed by atoms with Crippen molar-refractivity contribution in [1.82, 2.24) is 0 Å². The molecule has 1 atom stereocenters. The minimum atomic E-state index is -0.343. The van der Waals surface area contributed by atoms with Crippen LogP contribution in [0.1, 0.15) is 56.2 Å². The summed E-state index contributed by atoms with van der Waals surface area (Å²) in [6, 6.07) is 19.5. The maximum atomic E-state index is 14.2. The van der Waals surface area contributed by atoms with Gasteiger partial charge in [-0.05, 0) is 85.2 Å². The van der Waals surface area contributed by atoms with Crippen molar-refractivity contribution in [3.05, 3.63) is 95.1 Å². The lowest BCUT2D eigenvalue weighted by Gasteiger charge is -2.25. The molecular weight excluding hydrogens is 388 g/mol. The Morgan fingerprint density at radius 2 is 1.65 bits per heavy atom. The van der Waals surface area contributed by atoms with Crippen molar-refractivity contribution >= 4 is 11.4 Å². The average molecular weight is 418 g/mol. The first-order valence-electron chi connectivity index (χ1n) is 10.7. The highest BCUT2D eigenvalue weighted by molar-refractivity contribution is 5.60. The fourth-order valence-corrected chi connectivity index (χ4v) is 3.69. The van der Waals surface area contributed by atoms with E-state index < -0.39 is 0 Å². The smallest absolute Gasteiger partial charge is 0.146 e.